The van der Waals surface area contributed by atoms with E-state index < -0.39 is 0 Å². The normalized spacial score (nSPS) is 12.6. The van der Waals surface area contributed by atoms with Gasteiger partial charge in [0.25, 0.3) is 0 Å². The van der Waals surface area contributed by atoms with E-state index in [2.05, 4.69) is 10.2 Å². The number of phenols is 1. The molecule has 0 amide bonds. The van der Waals surface area contributed by atoms with E-state index in [1.807, 2.05) is 30.3 Å². The van der Waals surface area contributed by atoms with Crippen molar-refractivity contribution in [1.82, 2.24) is 10.2 Å². The summed E-state index contributed by atoms with van der Waals surface area (Å²) in [5.74, 6) is 1.71. The van der Waals surface area contributed by atoms with Crippen LogP contribution in [0.15, 0.2) is 48.5 Å². The molecule has 1 aromatic heterocycles. The fourth-order valence-electron chi connectivity index (χ4n) is 2.35. The number of ether oxygens (including phenoxy) is 2. The van der Waals surface area contributed by atoms with Crippen LogP contribution in [0.5, 0.6) is 17.2 Å². The van der Waals surface area contributed by atoms with Crippen LogP contribution in [0, 0.1) is 0 Å². The summed E-state index contributed by atoms with van der Waals surface area (Å²) in [6, 6.07) is 14.7. The molecule has 0 saturated carbocycles. The van der Waals surface area contributed by atoms with Crippen LogP contribution in [0.3, 0.4) is 0 Å². The molecule has 5 nitrogen and oxygen atoms in total. The monoisotopic (exact) mass is 280 g/mol. The van der Waals surface area contributed by atoms with Crippen molar-refractivity contribution in [3.05, 3.63) is 48.5 Å². The van der Waals surface area contributed by atoms with Crippen LogP contribution in [0.25, 0.3) is 22.5 Å². The van der Waals surface area contributed by atoms with Gasteiger partial charge in [-0.25, -0.2) is 0 Å². The Kier molecular flexibility index (Phi) is 2.57. The number of nitrogens with zero attached hydrogens (tertiary/aromatic N) is 1. The van der Waals surface area contributed by atoms with Crippen molar-refractivity contribution in [1.29, 1.82) is 0 Å². The van der Waals surface area contributed by atoms with E-state index in [1.54, 1.807) is 18.2 Å². The molecule has 3 aromatic rings. The zero-order valence-electron chi connectivity index (χ0n) is 11.0. The molecule has 104 valence electrons. The van der Waals surface area contributed by atoms with E-state index >= 15 is 0 Å². The number of nitrogens with one attached hydrogen (secondary N) is 1. The second-order valence-electron chi connectivity index (χ2n) is 4.79. The molecule has 0 aliphatic carbocycles. The number of phenolic OH excluding ortho intramolecular Hbond substituents is 1. The van der Waals surface area contributed by atoms with Gasteiger partial charge in [-0.2, -0.15) is 5.10 Å². The van der Waals surface area contributed by atoms with Gasteiger partial charge in [0.1, 0.15) is 5.75 Å². The van der Waals surface area contributed by atoms with E-state index in [0.29, 0.717) is 0 Å². The average molecular weight is 280 g/mol. The molecule has 4 rings (SSSR count). The minimum absolute atomic E-state index is 0.228. The third-order valence-electron chi connectivity index (χ3n) is 3.40. The van der Waals surface area contributed by atoms with Crippen LogP contribution < -0.4 is 9.47 Å². The predicted molar refractivity (Wildman–Crippen MR) is 77.2 cm³/mol. The van der Waals surface area contributed by atoms with Crippen molar-refractivity contribution in [2.45, 2.75) is 0 Å². The van der Waals surface area contributed by atoms with Gasteiger partial charge < -0.3 is 14.6 Å². The Balaban J connectivity index is 1.71. The summed E-state index contributed by atoms with van der Waals surface area (Å²) >= 11 is 0. The average Bonchev–Trinajstić information content (AvgIpc) is 3.15. The van der Waals surface area contributed by atoms with Gasteiger partial charge in [-0.05, 0) is 36.4 Å². The molecule has 0 radical (unpaired) electrons. The number of benzene rings is 2. The highest BCUT2D eigenvalue weighted by Gasteiger charge is 2.15. The lowest BCUT2D eigenvalue weighted by molar-refractivity contribution is 0.174. The number of aromatic amines is 1. The summed E-state index contributed by atoms with van der Waals surface area (Å²) in [7, 11) is 0. The molecule has 5 heteroatoms. The molecule has 0 unspecified atom stereocenters. The Labute approximate surface area is 120 Å². The first kappa shape index (κ1) is 11.8. The van der Waals surface area contributed by atoms with Crippen molar-refractivity contribution < 1.29 is 14.6 Å². The summed E-state index contributed by atoms with van der Waals surface area (Å²) in [6.07, 6.45) is 0. The highest BCUT2D eigenvalue weighted by Crippen LogP contribution is 2.36. The SMILES string of the molecule is Oc1cccc(-c2cc(-c3ccc4c(c3)OCO4)n[nH]2)c1. The summed E-state index contributed by atoms with van der Waals surface area (Å²) in [6.45, 7) is 0.258. The highest BCUT2D eigenvalue weighted by molar-refractivity contribution is 5.70. The standard InChI is InChI=1S/C16H12N2O3/c19-12-3-1-2-10(6-12)13-8-14(18-17-13)11-4-5-15-16(7-11)21-9-20-15/h1-8,19H,9H2,(H,17,18). The number of H-pyrrole nitrogens is 1. The van der Waals surface area contributed by atoms with Crippen LogP contribution in [-0.4, -0.2) is 22.1 Å². The van der Waals surface area contributed by atoms with Crippen LogP contribution in [-0.2, 0) is 0 Å². The molecule has 0 fully saturated rings. The second kappa shape index (κ2) is 4.56. The molecule has 2 N–H and O–H groups in total. The molecule has 2 aromatic carbocycles. The number of rotatable bonds is 2. The molecule has 1 aliphatic heterocycles. The number of fused-ring (bicyclic) bond motifs is 1. The topological polar surface area (TPSA) is 67.4 Å². The van der Waals surface area contributed by atoms with Crippen molar-refractivity contribution in [3.63, 3.8) is 0 Å². The van der Waals surface area contributed by atoms with E-state index in [9.17, 15) is 5.11 Å². The maximum absolute atomic E-state index is 9.54. The molecular weight excluding hydrogens is 268 g/mol. The lowest BCUT2D eigenvalue weighted by atomic mass is 10.1. The van der Waals surface area contributed by atoms with Crippen LogP contribution in [0.4, 0.5) is 0 Å². The van der Waals surface area contributed by atoms with Gasteiger partial charge in [-0.1, -0.05) is 12.1 Å². The maximum atomic E-state index is 9.54. The Bertz CT molecular complexity index is 811. The minimum atomic E-state index is 0.228. The second-order valence-corrected chi connectivity index (χ2v) is 4.79. The van der Waals surface area contributed by atoms with Gasteiger partial charge in [0, 0.05) is 11.1 Å². The fraction of sp³-hybridized carbons (Fsp3) is 0.0625. The highest BCUT2D eigenvalue weighted by atomic mass is 16.7. The predicted octanol–water partition coefficient (Wildman–Crippen LogP) is 3.18. The zero-order valence-corrected chi connectivity index (χ0v) is 11.0. The first-order chi connectivity index (χ1) is 10.3. The number of hydrogen-bond acceptors (Lipinski definition) is 4. The molecule has 0 spiro atoms. The lowest BCUT2D eigenvalue weighted by Gasteiger charge is -1.99. The smallest absolute Gasteiger partial charge is 0.231 e. The van der Waals surface area contributed by atoms with E-state index in [0.717, 1.165) is 34.0 Å². The number of hydrogen-bond donors (Lipinski definition) is 2. The van der Waals surface area contributed by atoms with E-state index in [1.165, 1.54) is 0 Å². The van der Waals surface area contributed by atoms with Crippen molar-refractivity contribution in [2.75, 3.05) is 6.79 Å². The third kappa shape index (κ3) is 2.08. The van der Waals surface area contributed by atoms with Gasteiger partial charge in [0.05, 0.1) is 11.4 Å². The molecule has 0 atom stereocenters. The van der Waals surface area contributed by atoms with E-state index in [4.69, 9.17) is 9.47 Å². The Morgan fingerprint density at radius 1 is 0.952 bits per heavy atom. The van der Waals surface area contributed by atoms with Gasteiger partial charge in [0.2, 0.25) is 6.79 Å². The quantitative estimate of drug-likeness (QED) is 0.756. The van der Waals surface area contributed by atoms with Gasteiger partial charge in [-0.15, -0.1) is 0 Å². The molecular formula is C16H12N2O3. The van der Waals surface area contributed by atoms with Gasteiger partial charge >= 0.3 is 0 Å². The van der Waals surface area contributed by atoms with Gasteiger partial charge in [-0.3, -0.25) is 5.10 Å². The summed E-state index contributed by atoms with van der Waals surface area (Å²) in [5.41, 5.74) is 3.49. The van der Waals surface area contributed by atoms with Crippen LogP contribution >= 0.6 is 0 Å². The van der Waals surface area contributed by atoms with Gasteiger partial charge in [0.15, 0.2) is 11.5 Å². The third-order valence-corrected chi connectivity index (χ3v) is 3.40. The zero-order chi connectivity index (χ0) is 14.2. The van der Waals surface area contributed by atoms with Crippen molar-refractivity contribution in [2.24, 2.45) is 0 Å². The van der Waals surface area contributed by atoms with E-state index in [-0.39, 0.29) is 12.5 Å². The molecule has 0 bridgehead atoms. The molecule has 1 aliphatic rings. The van der Waals surface area contributed by atoms with Crippen LogP contribution in [0.1, 0.15) is 0 Å². The first-order valence-corrected chi connectivity index (χ1v) is 6.54. The fourth-order valence-corrected chi connectivity index (χ4v) is 2.35. The Hall–Kier alpha value is -2.95. The summed E-state index contributed by atoms with van der Waals surface area (Å²) in [5, 5.41) is 16.8. The number of aromatic hydroxyl groups is 1. The first-order valence-electron chi connectivity index (χ1n) is 6.54. The van der Waals surface area contributed by atoms with Crippen molar-refractivity contribution >= 4 is 0 Å². The molecule has 21 heavy (non-hydrogen) atoms. The maximum Gasteiger partial charge on any atom is 0.231 e. The minimum Gasteiger partial charge on any atom is -0.508 e. The number of aromatic nitrogens is 2. The van der Waals surface area contributed by atoms with Crippen LogP contribution in [0.2, 0.25) is 0 Å². The Morgan fingerprint density at radius 2 is 1.86 bits per heavy atom. The summed E-state index contributed by atoms with van der Waals surface area (Å²) in [4.78, 5) is 0. The Morgan fingerprint density at radius 3 is 2.76 bits per heavy atom. The molecule has 0 saturated heterocycles. The largest absolute Gasteiger partial charge is 0.508 e. The summed E-state index contributed by atoms with van der Waals surface area (Å²) < 4.78 is 10.7. The molecule has 2 heterocycles. The van der Waals surface area contributed by atoms with Crippen molar-refractivity contribution in [3.8, 4) is 39.8 Å². The lowest BCUT2D eigenvalue weighted by Crippen LogP contribution is -1.92.